The van der Waals surface area contributed by atoms with Crippen LogP contribution in [0.25, 0.3) is 0 Å². The molecule has 3 heterocycles. The first-order valence-corrected chi connectivity index (χ1v) is 13.0. The molecule has 2 amide bonds. The van der Waals surface area contributed by atoms with Gasteiger partial charge in [-0.2, -0.15) is 0 Å². The Balaban J connectivity index is 1.54. The van der Waals surface area contributed by atoms with Crippen molar-refractivity contribution in [2.75, 3.05) is 32.7 Å². The third-order valence-corrected chi connectivity index (χ3v) is 8.07. The van der Waals surface area contributed by atoms with Crippen LogP contribution in [-0.2, 0) is 16.0 Å². The maximum Gasteiger partial charge on any atom is 0.239 e. The smallest absolute Gasteiger partial charge is 0.239 e. The summed E-state index contributed by atoms with van der Waals surface area (Å²) in [5.41, 5.74) is 3.50. The predicted molar refractivity (Wildman–Crippen MR) is 134 cm³/mol. The second-order valence-corrected chi connectivity index (χ2v) is 11.4. The Morgan fingerprint density at radius 2 is 1.67 bits per heavy atom. The first-order valence-electron chi connectivity index (χ1n) is 12.1. The molecular formula is C27H37N3O2S. The first kappa shape index (κ1) is 24.0. The van der Waals surface area contributed by atoms with Gasteiger partial charge in [0.2, 0.25) is 11.8 Å². The van der Waals surface area contributed by atoms with Crippen LogP contribution in [0.5, 0.6) is 0 Å². The molecule has 1 saturated heterocycles. The minimum absolute atomic E-state index is 0.103. The fourth-order valence-corrected chi connectivity index (χ4v) is 6.12. The average Bonchev–Trinajstić information content (AvgIpc) is 3.13. The normalized spacial score (nSPS) is 20.8. The Morgan fingerprint density at radius 3 is 2.39 bits per heavy atom. The van der Waals surface area contributed by atoms with Gasteiger partial charge in [0.15, 0.2) is 0 Å². The summed E-state index contributed by atoms with van der Waals surface area (Å²) in [6, 6.07) is 10.7. The molecular weight excluding hydrogens is 430 g/mol. The number of carbonyl (C=O) groups is 2. The fraction of sp³-hybridized carbons (Fsp3) is 0.556. The second-order valence-electron chi connectivity index (χ2n) is 10.4. The van der Waals surface area contributed by atoms with Crippen LogP contribution in [0.4, 0.5) is 0 Å². The molecule has 0 aliphatic carbocycles. The molecule has 0 saturated carbocycles. The molecule has 1 aromatic heterocycles. The molecule has 2 aliphatic rings. The predicted octanol–water partition coefficient (Wildman–Crippen LogP) is 4.50. The van der Waals surface area contributed by atoms with Crippen LogP contribution in [-0.4, -0.2) is 65.3 Å². The van der Waals surface area contributed by atoms with Crippen molar-refractivity contribution in [2.45, 2.75) is 59.5 Å². The molecule has 1 fully saturated rings. The summed E-state index contributed by atoms with van der Waals surface area (Å²) in [7, 11) is 0. The lowest BCUT2D eigenvalue weighted by atomic mass is 9.89. The molecule has 2 aliphatic heterocycles. The van der Waals surface area contributed by atoms with Gasteiger partial charge in [-0.15, -0.1) is 11.3 Å². The van der Waals surface area contributed by atoms with E-state index in [0.29, 0.717) is 19.6 Å². The third-order valence-electron chi connectivity index (χ3n) is 7.08. The van der Waals surface area contributed by atoms with E-state index in [-0.39, 0.29) is 29.3 Å². The Morgan fingerprint density at radius 1 is 0.970 bits per heavy atom. The maximum absolute atomic E-state index is 13.7. The number of aryl methyl sites for hydroxylation is 1. The quantitative estimate of drug-likeness (QED) is 0.668. The second kappa shape index (κ2) is 9.59. The van der Waals surface area contributed by atoms with Gasteiger partial charge in [0.25, 0.3) is 0 Å². The highest BCUT2D eigenvalue weighted by molar-refractivity contribution is 7.10. The molecule has 1 aromatic carbocycles. The van der Waals surface area contributed by atoms with Gasteiger partial charge in [0, 0.05) is 43.0 Å². The van der Waals surface area contributed by atoms with Gasteiger partial charge >= 0.3 is 0 Å². The van der Waals surface area contributed by atoms with Crippen LogP contribution in [0.3, 0.4) is 0 Å². The molecule has 6 heteroatoms. The minimum Gasteiger partial charge on any atom is -0.340 e. The lowest BCUT2D eigenvalue weighted by Crippen LogP contribution is -2.51. The molecule has 5 nitrogen and oxygen atoms in total. The SMILES string of the molecule is Cc1ccccc1[C@H]1c2ccsc2CCN1[C@@H](C)C(=O)N1CCCN(C(=O)C(C)(C)C)CC1. The molecule has 0 radical (unpaired) electrons. The van der Waals surface area contributed by atoms with Crippen molar-refractivity contribution in [3.63, 3.8) is 0 Å². The summed E-state index contributed by atoms with van der Waals surface area (Å²) >= 11 is 1.83. The van der Waals surface area contributed by atoms with E-state index in [1.165, 1.54) is 21.6 Å². The molecule has 2 aromatic rings. The number of fused-ring (bicyclic) bond motifs is 1. The zero-order chi connectivity index (χ0) is 23.8. The molecule has 0 N–H and O–H groups in total. The summed E-state index contributed by atoms with van der Waals surface area (Å²) in [6.45, 7) is 13.7. The number of hydrogen-bond acceptors (Lipinski definition) is 4. The zero-order valence-corrected chi connectivity index (χ0v) is 21.5. The summed E-state index contributed by atoms with van der Waals surface area (Å²) in [6.07, 6.45) is 1.82. The van der Waals surface area contributed by atoms with E-state index in [1.807, 2.05) is 41.9 Å². The summed E-state index contributed by atoms with van der Waals surface area (Å²) < 4.78 is 0. The Kier molecular flexibility index (Phi) is 6.96. The van der Waals surface area contributed by atoms with Crippen LogP contribution >= 0.6 is 11.3 Å². The van der Waals surface area contributed by atoms with Crippen molar-refractivity contribution in [1.82, 2.24) is 14.7 Å². The van der Waals surface area contributed by atoms with E-state index in [1.54, 1.807) is 0 Å². The monoisotopic (exact) mass is 467 g/mol. The zero-order valence-electron chi connectivity index (χ0n) is 20.6. The number of thiophene rings is 1. The maximum atomic E-state index is 13.7. The molecule has 4 rings (SSSR count). The summed E-state index contributed by atoms with van der Waals surface area (Å²) in [5, 5.41) is 2.18. The van der Waals surface area contributed by atoms with Crippen molar-refractivity contribution >= 4 is 23.2 Å². The summed E-state index contributed by atoms with van der Waals surface area (Å²) in [4.78, 5) is 34.2. The molecule has 0 bridgehead atoms. The van der Waals surface area contributed by atoms with Crippen molar-refractivity contribution in [3.05, 3.63) is 57.3 Å². The van der Waals surface area contributed by atoms with Gasteiger partial charge in [0.1, 0.15) is 0 Å². The molecule has 33 heavy (non-hydrogen) atoms. The molecule has 178 valence electrons. The third kappa shape index (κ3) is 4.87. The lowest BCUT2D eigenvalue weighted by Gasteiger charge is -2.41. The van der Waals surface area contributed by atoms with Crippen molar-refractivity contribution in [2.24, 2.45) is 5.41 Å². The summed E-state index contributed by atoms with van der Waals surface area (Å²) in [5.74, 6) is 0.350. The van der Waals surface area contributed by atoms with Crippen LogP contribution in [0.15, 0.2) is 35.7 Å². The van der Waals surface area contributed by atoms with E-state index >= 15 is 0 Å². The highest BCUT2D eigenvalue weighted by Gasteiger charge is 2.38. The number of hydrogen-bond donors (Lipinski definition) is 0. The van der Waals surface area contributed by atoms with Crippen molar-refractivity contribution < 1.29 is 9.59 Å². The number of benzene rings is 1. The van der Waals surface area contributed by atoms with Crippen LogP contribution in [0.1, 0.15) is 61.7 Å². The molecule has 0 spiro atoms. The number of amides is 2. The van der Waals surface area contributed by atoms with E-state index in [4.69, 9.17) is 0 Å². The number of carbonyl (C=O) groups excluding carboxylic acids is 2. The van der Waals surface area contributed by atoms with Crippen LogP contribution in [0.2, 0.25) is 0 Å². The largest absolute Gasteiger partial charge is 0.340 e. The molecule has 0 unspecified atom stereocenters. The Labute approximate surface area is 202 Å². The van der Waals surface area contributed by atoms with Gasteiger partial charge in [-0.3, -0.25) is 14.5 Å². The van der Waals surface area contributed by atoms with Gasteiger partial charge < -0.3 is 9.80 Å². The fourth-order valence-electron chi connectivity index (χ4n) is 5.21. The average molecular weight is 468 g/mol. The number of rotatable bonds is 3. The van der Waals surface area contributed by atoms with Crippen LogP contribution < -0.4 is 0 Å². The van der Waals surface area contributed by atoms with Gasteiger partial charge in [-0.25, -0.2) is 0 Å². The van der Waals surface area contributed by atoms with Gasteiger partial charge in [0.05, 0.1) is 12.1 Å². The van der Waals surface area contributed by atoms with Crippen molar-refractivity contribution in [1.29, 1.82) is 0 Å². The van der Waals surface area contributed by atoms with Gasteiger partial charge in [-0.1, -0.05) is 45.0 Å². The molecule has 2 atom stereocenters. The standard InChI is InChI=1S/C27H37N3O2S/c1-19-9-6-7-10-21(19)24-22-12-18-33-23(22)11-15-30(24)20(2)25(31)28-13-8-14-29(17-16-28)26(32)27(3,4)5/h6-7,9-10,12,18,20,24H,8,11,13-17H2,1-5H3/t20-,24-/m0/s1. The Hall–Kier alpha value is -2.18. The van der Waals surface area contributed by atoms with E-state index < -0.39 is 0 Å². The van der Waals surface area contributed by atoms with Gasteiger partial charge in [-0.05, 0) is 54.8 Å². The topological polar surface area (TPSA) is 43.9 Å². The highest BCUT2D eigenvalue weighted by Crippen LogP contribution is 2.40. The minimum atomic E-state index is -0.390. The number of nitrogens with zero attached hydrogens (tertiary/aromatic N) is 3. The Bertz CT molecular complexity index is 1010. The van der Waals surface area contributed by atoms with E-state index in [9.17, 15) is 9.59 Å². The van der Waals surface area contributed by atoms with Crippen molar-refractivity contribution in [3.8, 4) is 0 Å². The highest BCUT2D eigenvalue weighted by atomic mass is 32.1. The lowest BCUT2D eigenvalue weighted by molar-refractivity contribution is -0.140. The van der Waals surface area contributed by atoms with Crippen LogP contribution in [0, 0.1) is 12.3 Å². The van der Waals surface area contributed by atoms with E-state index in [2.05, 4.69) is 54.5 Å². The first-order chi connectivity index (χ1) is 15.7. The van der Waals surface area contributed by atoms with E-state index in [0.717, 1.165) is 25.9 Å².